The molecule has 1 amide bonds. The monoisotopic (exact) mass is 307 g/mol. The molecule has 1 heterocycles. The highest BCUT2D eigenvalue weighted by Gasteiger charge is 2.30. The first-order chi connectivity index (χ1) is 10.1. The summed E-state index contributed by atoms with van der Waals surface area (Å²) < 4.78 is 5.49. The largest absolute Gasteiger partial charge is 0.444 e. The first kappa shape index (κ1) is 18.4. The van der Waals surface area contributed by atoms with E-state index >= 15 is 0 Å². The van der Waals surface area contributed by atoms with Crippen LogP contribution in [0.25, 0.3) is 0 Å². The van der Waals surface area contributed by atoms with Crippen molar-refractivity contribution in [2.24, 2.45) is 0 Å². The molecule has 1 rings (SSSR count). The molecule has 1 aromatic rings. The second kappa shape index (κ2) is 7.58. The molecule has 0 fully saturated rings. The highest BCUT2D eigenvalue weighted by molar-refractivity contribution is 5.69. The zero-order chi connectivity index (χ0) is 16.8. The summed E-state index contributed by atoms with van der Waals surface area (Å²) in [6.07, 6.45) is 3.32. The fourth-order valence-corrected chi connectivity index (χ4v) is 1.94. The van der Waals surface area contributed by atoms with E-state index in [0.29, 0.717) is 13.1 Å². The number of pyridine rings is 1. The van der Waals surface area contributed by atoms with Crippen LogP contribution in [0.2, 0.25) is 0 Å². The van der Waals surface area contributed by atoms with Crippen molar-refractivity contribution in [3.8, 4) is 0 Å². The van der Waals surface area contributed by atoms with E-state index in [-0.39, 0.29) is 11.6 Å². The van der Waals surface area contributed by atoms with Crippen molar-refractivity contribution >= 4 is 6.09 Å². The third kappa shape index (κ3) is 6.89. The molecule has 0 aliphatic heterocycles. The molecule has 1 aromatic heterocycles. The maximum absolute atomic E-state index is 12.3. The number of hydrogen-bond donors (Lipinski definition) is 1. The second-order valence-corrected chi connectivity index (χ2v) is 7.34. The van der Waals surface area contributed by atoms with Gasteiger partial charge in [0.15, 0.2) is 0 Å². The number of rotatable bonds is 5. The highest BCUT2D eigenvalue weighted by Crippen LogP contribution is 2.17. The molecule has 5 nitrogen and oxygen atoms in total. The minimum Gasteiger partial charge on any atom is -0.444 e. The summed E-state index contributed by atoms with van der Waals surface area (Å²) in [7, 11) is 0. The third-order valence-corrected chi connectivity index (χ3v) is 2.99. The van der Waals surface area contributed by atoms with Crippen LogP contribution in [0.1, 0.15) is 47.1 Å². The Hall–Kier alpha value is -1.62. The number of carbonyl (C=O) groups excluding carboxylic acids is 1. The molecule has 0 aliphatic rings. The van der Waals surface area contributed by atoms with Gasteiger partial charge in [-0.25, -0.2) is 4.79 Å². The molecule has 0 saturated heterocycles. The molecule has 0 aliphatic carbocycles. The van der Waals surface area contributed by atoms with Gasteiger partial charge in [-0.2, -0.15) is 0 Å². The van der Waals surface area contributed by atoms with Crippen molar-refractivity contribution in [3.05, 3.63) is 30.1 Å². The SMILES string of the molecule is CC(C)(C)OC(=O)N(CCNCc1cccnc1)C(C)(C)C. The summed E-state index contributed by atoms with van der Waals surface area (Å²) in [5, 5.41) is 3.33. The Balaban J connectivity index is 2.50. The lowest BCUT2D eigenvalue weighted by molar-refractivity contribution is 0.00663. The molecular formula is C17H29N3O2. The first-order valence-corrected chi connectivity index (χ1v) is 7.70. The Morgan fingerprint density at radius 2 is 1.95 bits per heavy atom. The predicted molar refractivity (Wildman–Crippen MR) is 88.6 cm³/mol. The Labute approximate surface area is 134 Å². The number of hydrogen-bond acceptors (Lipinski definition) is 4. The number of ether oxygens (including phenoxy) is 1. The summed E-state index contributed by atoms with van der Waals surface area (Å²) in [5.74, 6) is 0. The van der Waals surface area contributed by atoms with Gasteiger partial charge in [-0.05, 0) is 53.2 Å². The Morgan fingerprint density at radius 1 is 1.27 bits per heavy atom. The number of aromatic nitrogens is 1. The summed E-state index contributed by atoms with van der Waals surface area (Å²) >= 11 is 0. The molecule has 0 radical (unpaired) electrons. The summed E-state index contributed by atoms with van der Waals surface area (Å²) in [4.78, 5) is 18.2. The van der Waals surface area contributed by atoms with Crippen LogP contribution in [0, 0.1) is 0 Å². The van der Waals surface area contributed by atoms with Gasteiger partial charge in [0.05, 0.1) is 0 Å². The summed E-state index contributed by atoms with van der Waals surface area (Å²) in [5.41, 5.74) is 0.365. The standard InChI is InChI=1S/C17H29N3O2/c1-16(2,3)20(15(21)22-17(4,5)6)11-10-19-13-14-8-7-9-18-12-14/h7-9,12,19H,10-11,13H2,1-6H3. The zero-order valence-corrected chi connectivity index (χ0v) is 14.6. The van der Waals surface area contributed by atoms with E-state index in [1.807, 2.05) is 59.9 Å². The molecule has 124 valence electrons. The zero-order valence-electron chi connectivity index (χ0n) is 14.6. The fourth-order valence-electron chi connectivity index (χ4n) is 1.94. The first-order valence-electron chi connectivity index (χ1n) is 7.70. The van der Waals surface area contributed by atoms with E-state index in [9.17, 15) is 4.79 Å². The maximum Gasteiger partial charge on any atom is 0.410 e. The Morgan fingerprint density at radius 3 is 2.45 bits per heavy atom. The molecule has 0 atom stereocenters. The average Bonchev–Trinajstić information content (AvgIpc) is 2.36. The maximum atomic E-state index is 12.3. The highest BCUT2D eigenvalue weighted by atomic mass is 16.6. The van der Waals surface area contributed by atoms with Gasteiger partial charge in [0.2, 0.25) is 0 Å². The average molecular weight is 307 g/mol. The molecule has 0 bridgehead atoms. The van der Waals surface area contributed by atoms with Crippen LogP contribution in [-0.4, -0.2) is 40.2 Å². The Kier molecular flexibility index (Phi) is 6.35. The van der Waals surface area contributed by atoms with Crippen LogP contribution in [0.15, 0.2) is 24.5 Å². The number of nitrogens with zero attached hydrogens (tertiary/aromatic N) is 2. The van der Waals surface area contributed by atoms with Crippen LogP contribution in [-0.2, 0) is 11.3 Å². The van der Waals surface area contributed by atoms with Gasteiger partial charge >= 0.3 is 6.09 Å². The van der Waals surface area contributed by atoms with Crippen molar-refractivity contribution in [3.63, 3.8) is 0 Å². The third-order valence-electron chi connectivity index (χ3n) is 2.99. The van der Waals surface area contributed by atoms with E-state index in [1.54, 1.807) is 11.1 Å². The van der Waals surface area contributed by atoms with Crippen LogP contribution >= 0.6 is 0 Å². The lowest BCUT2D eigenvalue weighted by Gasteiger charge is -2.36. The lowest BCUT2D eigenvalue weighted by Crippen LogP contribution is -2.50. The molecule has 22 heavy (non-hydrogen) atoms. The normalized spacial score (nSPS) is 12.1. The van der Waals surface area contributed by atoms with E-state index in [1.165, 1.54) is 0 Å². The van der Waals surface area contributed by atoms with Crippen LogP contribution in [0.5, 0.6) is 0 Å². The van der Waals surface area contributed by atoms with Gasteiger partial charge < -0.3 is 15.0 Å². The van der Waals surface area contributed by atoms with Crippen molar-refractivity contribution in [1.29, 1.82) is 0 Å². The van der Waals surface area contributed by atoms with Crippen LogP contribution in [0.3, 0.4) is 0 Å². The fraction of sp³-hybridized carbons (Fsp3) is 0.647. The van der Waals surface area contributed by atoms with Crippen LogP contribution in [0.4, 0.5) is 4.79 Å². The van der Waals surface area contributed by atoms with E-state index in [0.717, 1.165) is 12.1 Å². The topological polar surface area (TPSA) is 54.5 Å². The Bertz CT molecular complexity index is 461. The predicted octanol–water partition coefficient (Wildman–Crippen LogP) is 3.21. The van der Waals surface area contributed by atoms with Crippen molar-refractivity contribution < 1.29 is 9.53 Å². The van der Waals surface area contributed by atoms with Crippen LogP contribution < -0.4 is 5.32 Å². The number of nitrogens with one attached hydrogen (secondary N) is 1. The van der Waals surface area contributed by atoms with E-state index in [4.69, 9.17) is 4.74 Å². The minimum atomic E-state index is -0.482. The molecule has 0 spiro atoms. The lowest BCUT2D eigenvalue weighted by atomic mass is 10.1. The van der Waals surface area contributed by atoms with E-state index in [2.05, 4.69) is 10.3 Å². The van der Waals surface area contributed by atoms with E-state index < -0.39 is 5.60 Å². The van der Waals surface area contributed by atoms with Crippen molar-refractivity contribution in [2.75, 3.05) is 13.1 Å². The van der Waals surface area contributed by atoms with Gasteiger partial charge in [-0.3, -0.25) is 4.98 Å². The summed E-state index contributed by atoms with van der Waals surface area (Å²) in [6.45, 7) is 13.7. The van der Waals surface area contributed by atoms with Crippen molar-refractivity contribution in [2.45, 2.75) is 59.2 Å². The molecule has 0 saturated carbocycles. The second-order valence-electron chi connectivity index (χ2n) is 7.34. The van der Waals surface area contributed by atoms with Gasteiger partial charge in [0, 0.05) is 37.6 Å². The molecule has 1 N–H and O–H groups in total. The van der Waals surface area contributed by atoms with Crippen molar-refractivity contribution in [1.82, 2.24) is 15.2 Å². The molecular weight excluding hydrogens is 278 g/mol. The molecule has 0 aromatic carbocycles. The number of amides is 1. The minimum absolute atomic E-state index is 0.275. The van der Waals surface area contributed by atoms with Gasteiger partial charge in [0.25, 0.3) is 0 Å². The summed E-state index contributed by atoms with van der Waals surface area (Å²) in [6, 6.07) is 3.94. The van der Waals surface area contributed by atoms with Gasteiger partial charge in [-0.1, -0.05) is 6.07 Å². The quantitative estimate of drug-likeness (QED) is 0.849. The molecule has 0 unspecified atom stereocenters. The van der Waals surface area contributed by atoms with Gasteiger partial charge in [0.1, 0.15) is 5.60 Å². The smallest absolute Gasteiger partial charge is 0.410 e. The number of carbonyl (C=O) groups is 1. The van der Waals surface area contributed by atoms with Gasteiger partial charge in [-0.15, -0.1) is 0 Å². The molecule has 5 heteroatoms.